The molecular formula is C35H36F2N4O4S. The van der Waals surface area contributed by atoms with Gasteiger partial charge in [-0.2, -0.15) is 5.10 Å². The van der Waals surface area contributed by atoms with E-state index in [1.807, 2.05) is 51.1 Å². The van der Waals surface area contributed by atoms with Crippen LogP contribution < -0.4 is 4.74 Å². The van der Waals surface area contributed by atoms with Crippen LogP contribution in [0.1, 0.15) is 49.7 Å². The first-order valence-corrected chi connectivity index (χ1v) is 16.7. The molecule has 0 saturated carbocycles. The Hall–Kier alpha value is -4.22. The van der Waals surface area contributed by atoms with Crippen molar-refractivity contribution in [1.29, 1.82) is 0 Å². The van der Waals surface area contributed by atoms with E-state index in [2.05, 4.69) is 4.98 Å². The fourth-order valence-corrected chi connectivity index (χ4v) is 7.50. The number of aryl methyl sites for hydroxylation is 2. The molecule has 2 atom stereocenters. The first kappa shape index (κ1) is 31.7. The van der Waals surface area contributed by atoms with Crippen LogP contribution in [0.2, 0.25) is 0 Å². The molecule has 1 aliphatic rings. The van der Waals surface area contributed by atoms with Crippen LogP contribution in [-0.4, -0.2) is 54.0 Å². The summed E-state index contributed by atoms with van der Waals surface area (Å²) in [5, 5.41) is 5.52. The van der Waals surface area contributed by atoms with E-state index in [-0.39, 0.29) is 40.8 Å². The summed E-state index contributed by atoms with van der Waals surface area (Å²) in [7, 11) is 0.391. The minimum Gasteiger partial charge on any atom is -0.454 e. The standard InChI is InChI=1S/C35H36F2N4O4S/c1-34(2)21-46(43)17-12-26-25-10-14-38-30(25)20-29(37)31(26)45-24-8-9-28(36)27(19-24)32-39-33(40-41(32)4)35(3,13-16-44-34)23-7-5-6-22(18-23)11-15-42/h5-10,14-15,18-20,38H,11-13,16-17,21H2,1-4H3. The van der Waals surface area contributed by atoms with E-state index in [1.165, 1.54) is 28.9 Å². The zero-order valence-corrected chi connectivity index (χ0v) is 27.0. The number of ether oxygens (including phenoxy) is 2. The minimum atomic E-state index is -1.30. The summed E-state index contributed by atoms with van der Waals surface area (Å²) in [6.07, 6.45) is 3.59. The maximum Gasteiger partial charge on any atom is 0.168 e. The van der Waals surface area contributed by atoms with E-state index in [1.54, 1.807) is 13.2 Å². The normalized spacial score (nSPS) is 20.3. The van der Waals surface area contributed by atoms with Crippen molar-refractivity contribution in [2.24, 2.45) is 7.05 Å². The van der Waals surface area contributed by atoms with Gasteiger partial charge in [-0.1, -0.05) is 24.3 Å². The van der Waals surface area contributed by atoms with Gasteiger partial charge in [-0.15, -0.1) is 0 Å². The van der Waals surface area contributed by atoms with Crippen LogP contribution >= 0.6 is 0 Å². The van der Waals surface area contributed by atoms with E-state index < -0.39 is 33.5 Å². The smallest absolute Gasteiger partial charge is 0.168 e. The molecule has 3 aromatic carbocycles. The van der Waals surface area contributed by atoms with E-state index >= 15 is 8.78 Å². The van der Waals surface area contributed by atoms with Crippen molar-refractivity contribution in [2.75, 3.05) is 18.1 Å². The number of hydrogen-bond donors (Lipinski definition) is 1. The number of aromatic amines is 1. The van der Waals surface area contributed by atoms with Crippen molar-refractivity contribution in [3.05, 3.63) is 94.9 Å². The number of rotatable bonds is 3. The number of H-pyrrole nitrogens is 1. The van der Waals surface area contributed by atoms with Gasteiger partial charge in [-0.3, -0.25) is 4.21 Å². The van der Waals surface area contributed by atoms with E-state index in [0.29, 0.717) is 36.4 Å². The Morgan fingerprint density at radius 2 is 1.91 bits per heavy atom. The first-order chi connectivity index (χ1) is 22.0. The van der Waals surface area contributed by atoms with Crippen molar-refractivity contribution >= 4 is 28.0 Å². The predicted molar refractivity (Wildman–Crippen MR) is 174 cm³/mol. The number of carbonyl (C=O) groups excluding carboxylic acids is 1. The Balaban J connectivity index is 1.50. The van der Waals surface area contributed by atoms with Gasteiger partial charge in [0, 0.05) is 65.4 Å². The maximum absolute atomic E-state index is 15.6. The molecule has 0 amide bonds. The largest absolute Gasteiger partial charge is 0.454 e. The quantitative estimate of drug-likeness (QED) is 0.223. The van der Waals surface area contributed by atoms with Crippen molar-refractivity contribution in [2.45, 2.75) is 51.0 Å². The second-order valence-corrected chi connectivity index (χ2v) is 14.1. The highest BCUT2D eigenvalue weighted by molar-refractivity contribution is 7.85. The van der Waals surface area contributed by atoms with Crippen molar-refractivity contribution in [3.63, 3.8) is 0 Å². The Morgan fingerprint density at radius 1 is 1.09 bits per heavy atom. The van der Waals surface area contributed by atoms with Gasteiger partial charge in [0.25, 0.3) is 0 Å². The van der Waals surface area contributed by atoms with Gasteiger partial charge >= 0.3 is 0 Å². The van der Waals surface area contributed by atoms with Crippen LogP contribution in [0, 0.1) is 11.6 Å². The highest BCUT2D eigenvalue weighted by Gasteiger charge is 2.36. The zero-order chi connectivity index (χ0) is 32.6. The summed E-state index contributed by atoms with van der Waals surface area (Å²) in [6, 6.07) is 15.1. The van der Waals surface area contributed by atoms with E-state index in [4.69, 9.17) is 19.6 Å². The number of halogens is 2. The summed E-state index contributed by atoms with van der Waals surface area (Å²) < 4.78 is 58.5. The van der Waals surface area contributed by atoms with Crippen molar-refractivity contribution < 1.29 is 27.3 Å². The Labute approximate surface area is 268 Å². The van der Waals surface area contributed by atoms with Crippen LogP contribution in [0.5, 0.6) is 11.5 Å². The highest BCUT2D eigenvalue weighted by Crippen LogP contribution is 2.39. The molecule has 1 N–H and O–H groups in total. The summed E-state index contributed by atoms with van der Waals surface area (Å²) in [6.45, 7) is 6.09. The van der Waals surface area contributed by atoms with Gasteiger partial charge in [0.1, 0.15) is 17.9 Å². The third-order valence-corrected chi connectivity index (χ3v) is 10.3. The Morgan fingerprint density at radius 3 is 2.72 bits per heavy atom. The van der Waals surface area contributed by atoms with Crippen LogP contribution in [0.3, 0.4) is 0 Å². The van der Waals surface area contributed by atoms with Gasteiger partial charge in [0.15, 0.2) is 23.2 Å². The van der Waals surface area contributed by atoms with Gasteiger partial charge in [0.2, 0.25) is 0 Å². The zero-order valence-electron chi connectivity index (χ0n) is 26.2. The number of aldehydes is 1. The minimum absolute atomic E-state index is 0.000259. The molecule has 0 aliphatic carbocycles. The summed E-state index contributed by atoms with van der Waals surface area (Å²) >= 11 is 0. The van der Waals surface area contributed by atoms with E-state index in [9.17, 15) is 9.00 Å². The highest BCUT2D eigenvalue weighted by atomic mass is 32.2. The Kier molecular flexibility index (Phi) is 8.64. The molecule has 8 nitrogen and oxygen atoms in total. The lowest BCUT2D eigenvalue weighted by Crippen LogP contribution is -2.35. The summed E-state index contributed by atoms with van der Waals surface area (Å²) in [4.78, 5) is 19.2. The molecule has 4 bridgehead atoms. The molecule has 5 aromatic rings. The SMILES string of the molecule is Cn1nc2nc1-c1cc(ccc1F)Oc1c(F)cc3[nH]ccc3c1CCS(=O)CC(C)(C)OCCC2(C)c1cccc(CC=O)c1. The number of hydrogen-bond acceptors (Lipinski definition) is 6. The van der Waals surface area contributed by atoms with Crippen LogP contribution in [0.15, 0.2) is 60.8 Å². The summed E-state index contributed by atoms with van der Waals surface area (Å²) in [5.41, 5.74) is 1.52. The third-order valence-electron chi connectivity index (χ3n) is 8.59. The summed E-state index contributed by atoms with van der Waals surface area (Å²) in [5.74, 6) is 0.337. The lowest BCUT2D eigenvalue weighted by Gasteiger charge is -2.31. The van der Waals surface area contributed by atoms with Gasteiger partial charge < -0.3 is 19.3 Å². The molecule has 240 valence electrons. The molecule has 2 aromatic heterocycles. The molecule has 2 unspecified atom stereocenters. The second kappa shape index (κ2) is 12.5. The van der Waals surface area contributed by atoms with Gasteiger partial charge in [-0.25, -0.2) is 18.4 Å². The number of nitrogens with zero attached hydrogens (tertiary/aromatic N) is 3. The van der Waals surface area contributed by atoms with Crippen LogP contribution in [-0.2, 0) is 45.6 Å². The van der Waals surface area contributed by atoms with Crippen LogP contribution in [0.25, 0.3) is 22.3 Å². The molecule has 0 radical (unpaired) electrons. The molecule has 0 fully saturated rings. The Bertz CT molecular complexity index is 1950. The lowest BCUT2D eigenvalue weighted by atomic mass is 9.78. The van der Waals surface area contributed by atoms with Crippen molar-refractivity contribution in [3.8, 4) is 22.9 Å². The number of benzene rings is 3. The molecule has 6 rings (SSSR count). The molecule has 0 spiro atoms. The number of nitrogens with one attached hydrogen (secondary N) is 1. The average molecular weight is 647 g/mol. The third kappa shape index (κ3) is 6.26. The molecule has 1 aliphatic heterocycles. The predicted octanol–water partition coefficient (Wildman–Crippen LogP) is 6.57. The average Bonchev–Trinajstić information content (AvgIpc) is 3.64. The second-order valence-electron chi connectivity index (χ2n) is 12.5. The number of aromatic nitrogens is 4. The fraction of sp³-hybridized carbons (Fsp3) is 0.343. The number of fused-ring (bicyclic) bond motifs is 8. The molecule has 11 heteroatoms. The lowest BCUT2D eigenvalue weighted by molar-refractivity contribution is -0.107. The topological polar surface area (TPSA) is 99.1 Å². The van der Waals surface area contributed by atoms with Crippen LogP contribution in [0.4, 0.5) is 8.78 Å². The maximum atomic E-state index is 15.6. The van der Waals surface area contributed by atoms with Gasteiger partial charge in [0.05, 0.1) is 22.3 Å². The molecule has 0 saturated heterocycles. The molecule has 46 heavy (non-hydrogen) atoms. The fourth-order valence-electron chi connectivity index (χ4n) is 6.06. The first-order valence-electron chi connectivity index (χ1n) is 15.2. The number of carbonyl (C=O) groups is 1. The monoisotopic (exact) mass is 646 g/mol. The van der Waals surface area contributed by atoms with Gasteiger partial charge in [-0.05, 0) is 69.0 Å². The van der Waals surface area contributed by atoms with E-state index in [0.717, 1.165) is 22.8 Å². The molecule has 3 heterocycles. The van der Waals surface area contributed by atoms with Crippen molar-refractivity contribution in [1.82, 2.24) is 19.7 Å². The molecular weight excluding hydrogens is 610 g/mol.